The van der Waals surface area contributed by atoms with Gasteiger partial charge in [0.2, 0.25) is 5.91 Å². The zero-order chi connectivity index (χ0) is 10.5. The van der Waals surface area contributed by atoms with E-state index in [4.69, 9.17) is 4.43 Å². The number of amides is 1. The standard InChI is InChI=1S/C9H19NO2Si/c1-6-9(11)10(2)7-8-12-13(3,4)5/h6H,1,7-8H2,2-5H3. The molecule has 0 N–H and O–H groups in total. The van der Waals surface area contributed by atoms with Crippen LogP contribution in [0.15, 0.2) is 12.7 Å². The van der Waals surface area contributed by atoms with Gasteiger partial charge in [-0.1, -0.05) is 6.58 Å². The van der Waals surface area contributed by atoms with E-state index in [1.807, 2.05) is 0 Å². The summed E-state index contributed by atoms with van der Waals surface area (Å²) >= 11 is 0. The molecule has 0 aromatic carbocycles. The van der Waals surface area contributed by atoms with Crippen molar-refractivity contribution in [2.24, 2.45) is 0 Å². The normalized spacial score (nSPS) is 11.1. The fourth-order valence-electron chi connectivity index (χ4n) is 0.755. The van der Waals surface area contributed by atoms with Gasteiger partial charge < -0.3 is 9.33 Å². The zero-order valence-electron chi connectivity index (χ0n) is 8.96. The van der Waals surface area contributed by atoms with Gasteiger partial charge in [0.25, 0.3) is 0 Å². The minimum atomic E-state index is -1.43. The molecule has 0 spiro atoms. The van der Waals surface area contributed by atoms with Crippen molar-refractivity contribution in [3.63, 3.8) is 0 Å². The third-order valence-corrected chi connectivity index (χ3v) is 2.58. The van der Waals surface area contributed by atoms with Gasteiger partial charge >= 0.3 is 0 Å². The first-order valence-electron chi connectivity index (χ1n) is 4.38. The molecule has 0 rings (SSSR count). The Bertz CT molecular complexity index is 187. The number of rotatable bonds is 5. The maximum Gasteiger partial charge on any atom is 0.245 e. The molecule has 13 heavy (non-hydrogen) atoms. The van der Waals surface area contributed by atoms with Crippen LogP contribution in [0.25, 0.3) is 0 Å². The number of hydrogen-bond acceptors (Lipinski definition) is 2. The molecule has 0 aromatic heterocycles. The van der Waals surface area contributed by atoms with E-state index in [9.17, 15) is 4.79 Å². The van der Waals surface area contributed by atoms with Crippen molar-refractivity contribution in [1.29, 1.82) is 0 Å². The van der Waals surface area contributed by atoms with Gasteiger partial charge in [0.1, 0.15) is 0 Å². The number of likely N-dealkylation sites (N-methyl/N-ethyl adjacent to an activating group) is 1. The fraction of sp³-hybridized carbons (Fsp3) is 0.667. The van der Waals surface area contributed by atoms with Crippen molar-refractivity contribution < 1.29 is 9.22 Å². The summed E-state index contributed by atoms with van der Waals surface area (Å²) in [7, 11) is 0.315. The molecule has 0 atom stereocenters. The van der Waals surface area contributed by atoms with Gasteiger partial charge in [0.05, 0.1) is 6.61 Å². The van der Waals surface area contributed by atoms with Crippen molar-refractivity contribution in [3.8, 4) is 0 Å². The minimum absolute atomic E-state index is 0.0563. The molecule has 0 aliphatic carbocycles. The summed E-state index contributed by atoms with van der Waals surface area (Å²) in [5.74, 6) is -0.0563. The lowest BCUT2D eigenvalue weighted by Gasteiger charge is -2.20. The van der Waals surface area contributed by atoms with Crippen molar-refractivity contribution in [2.45, 2.75) is 19.6 Å². The Kier molecular flexibility index (Phi) is 4.94. The lowest BCUT2D eigenvalue weighted by molar-refractivity contribution is -0.125. The second-order valence-corrected chi connectivity index (χ2v) is 8.44. The molecular weight excluding hydrogens is 182 g/mol. The summed E-state index contributed by atoms with van der Waals surface area (Å²) in [4.78, 5) is 12.6. The van der Waals surface area contributed by atoms with Crippen LogP contribution < -0.4 is 0 Å². The zero-order valence-corrected chi connectivity index (χ0v) is 9.96. The number of nitrogens with zero attached hydrogens (tertiary/aromatic N) is 1. The first kappa shape index (κ1) is 12.4. The molecule has 0 aliphatic heterocycles. The Morgan fingerprint density at radius 1 is 1.54 bits per heavy atom. The minimum Gasteiger partial charge on any atom is -0.416 e. The molecule has 0 aromatic rings. The SMILES string of the molecule is C=CC(=O)N(C)CCO[Si](C)(C)C. The number of carbonyl (C=O) groups is 1. The van der Waals surface area contributed by atoms with Crippen LogP contribution in [0.3, 0.4) is 0 Å². The first-order chi connectivity index (χ1) is 5.87. The summed E-state index contributed by atoms with van der Waals surface area (Å²) in [6.45, 7) is 11.0. The van der Waals surface area contributed by atoms with Gasteiger partial charge in [-0.15, -0.1) is 0 Å². The number of carbonyl (C=O) groups excluding carboxylic acids is 1. The van der Waals surface area contributed by atoms with Crippen LogP contribution in [0, 0.1) is 0 Å². The molecule has 0 bridgehead atoms. The second-order valence-electron chi connectivity index (χ2n) is 3.92. The highest BCUT2D eigenvalue weighted by Crippen LogP contribution is 2.01. The Morgan fingerprint density at radius 3 is 2.46 bits per heavy atom. The summed E-state index contributed by atoms with van der Waals surface area (Å²) in [5.41, 5.74) is 0. The summed E-state index contributed by atoms with van der Waals surface area (Å²) in [6.07, 6.45) is 1.31. The smallest absolute Gasteiger partial charge is 0.245 e. The largest absolute Gasteiger partial charge is 0.416 e. The van der Waals surface area contributed by atoms with Crippen LogP contribution in [-0.4, -0.2) is 39.3 Å². The Hall–Kier alpha value is -0.613. The van der Waals surface area contributed by atoms with E-state index in [0.29, 0.717) is 13.2 Å². The first-order valence-corrected chi connectivity index (χ1v) is 7.79. The lowest BCUT2D eigenvalue weighted by Crippen LogP contribution is -2.33. The highest BCUT2D eigenvalue weighted by molar-refractivity contribution is 6.69. The van der Waals surface area contributed by atoms with Gasteiger partial charge in [0.15, 0.2) is 8.32 Å². The van der Waals surface area contributed by atoms with E-state index in [0.717, 1.165) is 0 Å². The number of hydrogen-bond donors (Lipinski definition) is 0. The summed E-state index contributed by atoms with van der Waals surface area (Å²) < 4.78 is 5.61. The van der Waals surface area contributed by atoms with E-state index < -0.39 is 8.32 Å². The van der Waals surface area contributed by atoms with Crippen molar-refractivity contribution in [2.75, 3.05) is 20.2 Å². The van der Waals surface area contributed by atoms with Crippen LogP contribution in [0.5, 0.6) is 0 Å². The maximum absolute atomic E-state index is 11.0. The predicted molar refractivity (Wildman–Crippen MR) is 57.1 cm³/mol. The molecule has 3 nitrogen and oxygen atoms in total. The third kappa shape index (κ3) is 6.54. The van der Waals surface area contributed by atoms with Crippen LogP contribution in [0.1, 0.15) is 0 Å². The van der Waals surface area contributed by atoms with Crippen molar-refractivity contribution in [1.82, 2.24) is 4.90 Å². The molecule has 0 saturated heterocycles. The molecule has 76 valence electrons. The summed E-state index contributed by atoms with van der Waals surface area (Å²) in [5, 5.41) is 0. The molecule has 0 saturated carbocycles. The van der Waals surface area contributed by atoms with Gasteiger partial charge in [-0.3, -0.25) is 4.79 Å². The van der Waals surface area contributed by atoms with Gasteiger partial charge in [-0.2, -0.15) is 0 Å². The van der Waals surface area contributed by atoms with Gasteiger partial charge in [-0.25, -0.2) is 0 Å². The summed E-state index contributed by atoms with van der Waals surface area (Å²) in [6, 6.07) is 0. The quantitative estimate of drug-likeness (QED) is 0.498. The van der Waals surface area contributed by atoms with Crippen LogP contribution >= 0.6 is 0 Å². The molecule has 0 fully saturated rings. The van der Waals surface area contributed by atoms with E-state index >= 15 is 0 Å². The van der Waals surface area contributed by atoms with Crippen molar-refractivity contribution >= 4 is 14.2 Å². The molecule has 0 radical (unpaired) electrons. The Balaban J connectivity index is 3.65. The van der Waals surface area contributed by atoms with Gasteiger partial charge in [0, 0.05) is 13.6 Å². The van der Waals surface area contributed by atoms with Crippen LogP contribution in [-0.2, 0) is 9.22 Å². The molecule has 1 amide bonds. The maximum atomic E-state index is 11.0. The molecular formula is C9H19NO2Si. The van der Waals surface area contributed by atoms with Crippen LogP contribution in [0.4, 0.5) is 0 Å². The lowest BCUT2D eigenvalue weighted by atomic mass is 10.5. The molecule has 0 aliphatic rings. The second kappa shape index (κ2) is 5.19. The highest BCUT2D eigenvalue weighted by atomic mass is 28.4. The van der Waals surface area contributed by atoms with E-state index in [2.05, 4.69) is 26.2 Å². The molecule has 4 heteroatoms. The van der Waals surface area contributed by atoms with Crippen LogP contribution in [0.2, 0.25) is 19.6 Å². The van der Waals surface area contributed by atoms with E-state index in [-0.39, 0.29) is 5.91 Å². The third-order valence-electron chi connectivity index (χ3n) is 1.51. The predicted octanol–water partition coefficient (Wildman–Crippen LogP) is 1.48. The Labute approximate surface area is 81.5 Å². The van der Waals surface area contributed by atoms with Gasteiger partial charge in [-0.05, 0) is 25.7 Å². The average molecular weight is 201 g/mol. The van der Waals surface area contributed by atoms with E-state index in [1.165, 1.54) is 6.08 Å². The average Bonchev–Trinajstić information content (AvgIpc) is 2.00. The topological polar surface area (TPSA) is 29.5 Å². The van der Waals surface area contributed by atoms with E-state index in [1.54, 1.807) is 11.9 Å². The Morgan fingerprint density at radius 2 is 2.08 bits per heavy atom. The highest BCUT2D eigenvalue weighted by Gasteiger charge is 2.14. The molecule has 0 heterocycles. The molecule has 0 unspecified atom stereocenters. The fourth-order valence-corrected chi connectivity index (χ4v) is 1.46. The van der Waals surface area contributed by atoms with Crippen molar-refractivity contribution in [3.05, 3.63) is 12.7 Å². The monoisotopic (exact) mass is 201 g/mol.